The van der Waals surface area contributed by atoms with E-state index in [9.17, 15) is 0 Å². The largest absolute Gasteiger partial charge is 0.140 e. The monoisotopic (exact) mass is 622 g/mol. The van der Waals surface area contributed by atoms with Crippen LogP contribution in [-0.4, -0.2) is 0 Å². The normalized spacial score (nSPS) is 12.1. The zero-order valence-corrected chi connectivity index (χ0v) is 28.8. The van der Waals surface area contributed by atoms with E-state index in [1.165, 1.54) is 71.0 Å². The molecule has 0 N–H and O–H groups in total. The summed E-state index contributed by atoms with van der Waals surface area (Å²) in [7, 11) is 0. The van der Waals surface area contributed by atoms with Crippen molar-refractivity contribution in [3.63, 3.8) is 0 Å². The van der Waals surface area contributed by atoms with Gasteiger partial charge in [-0.3, -0.25) is 0 Å². The van der Waals surface area contributed by atoms with Gasteiger partial charge in [0.25, 0.3) is 0 Å². The Balaban J connectivity index is 1.34. The lowest BCUT2D eigenvalue weighted by atomic mass is 9.97. The van der Waals surface area contributed by atoms with Crippen LogP contribution >= 0.6 is 45.3 Å². The minimum atomic E-state index is 1.09. The number of aryl methyl sites for hydroxylation is 6. The minimum Gasteiger partial charge on any atom is -0.140 e. The van der Waals surface area contributed by atoms with Crippen molar-refractivity contribution in [1.82, 2.24) is 0 Å². The van der Waals surface area contributed by atoms with Gasteiger partial charge in [0.1, 0.15) is 0 Å². The van der Waals surface area contributed by atoms with Gasteiger partial charge in [0, 0.05) is 59.9 Å². The third kappa shape index (κ3) is 4.32. The number of rotatable bonds is 8. The van der Waals surface area contributed by atoms with Gasteiger partial charge in [0.2, 0.25) is 0 Å². The van der Waals surface area contributed by atoms with Crippen molar-refractivity contribution < 1.29 is 0 Å². The van der Waals surface area contributed by atoms with Gasteiger partial charge >= 0.3 is 0 Å². The Morgan fingerprint density at radius 3 is 1.00 bits per heavy atom. The number of benzene rings is 3. The molecule has 4 heteroatoms. The fourth-order valence-electron chi connectivity index (χ4n) is 6.84. The summed E-state index contributed by atoms with van der Waals surface area (Å²) in [6.07, 6.45) is 6.62. The SMILES string of the molecule is CCc1cc2c(s1)c(CC)c(CC)c1sc(-c3ccc(-c4cc5c(s4)c(CC)c(CC)c4sc(CC)cc45)cc3)cc12. The van der Waals surface area contributed by atoms with Crippen molar-refractivity contribution in [3.05, 3.63) is 80.5 Å². The van der Waals surface area contributed by atoms with E-state index in [2.05, 4.69) is 90.1 Å². The highest BCUT2D eigenvalue weighted by molar-refractivity contribution is 7.24. The molecule has 0 saturated heterocycles. The summed E-state index contributed by atoms with van der Waals surface area (Å²) in [4.78, 5) is 5.76. The van der Waals surface area contributed by atoms with Crippen LogP contribution < -0.4 is 0 Å². The average molecular weight is 623 g/mol. The molecule has 3 aromatic carbocycles. The molecule has 0 saturated carbocycles. The standard InChI is InChI=1S/C38H38S4/c1-7-23-17-29-31-19-33(41-37(31)27(11-5)25(9-3)35(29)39-23)21-13-15-22(16-14-21)34-20-32-30-18-24(8-2)40-36(30)26(10-4)28(12-6)38(32)42-34/h13-20H,7-12H2,1-6H3. The van der Waals surface area contributed by atoms with Gasteiger partial charge in [0.15, 0.2) is 0 Å². The molecule has 0 nitrogen and oxygen atoms in total. The van der Waals surface area contributed by atoms with E-state index in [0.29, 0.717) is 0 Å². The molecule has 0 spiro atoms. The second-order valence-corrected chi connectivity index (χ2v) is 15.6. The Morgan fingerprint density at radius 1 is 0.381 bits per heavy atom. The summed E-state index contributed by atoms with van der Waals surface area (Å²) in [5.41, 5.74) is 8.92. The van der Waals surface area contributed by atoms with Crippen LogP contribution in [0.25, 0.3) is 61.2 Å². The van der Waals surface area contributed by atoms with Crippen LogP contribution in [0.15, 0.2) is 48.5 Å². The molecular weight excluding hydrogens is 585 g/mol. The van der Waals surface area contributed by atoms with Crippen LogP contribution in [0.4, 0.5) is 0 Å². The first kappa shape index (κ1) is 28.3. The molecule has 214 valence electrons. The first-order valence-corrected chi connectivity index (χ1v) is 18.9. The molecule has 4 aromatic heterocycles. The van der Waals surface area contributed by atoms with Crippen molar-refractivity contribution in [2.45, 2.75) is 80.1 Å². The molecule has 0 bridgehead atoms. The van der Waals surface area contributed by atoms with Crippen molar-refractivity contribution in [1.29, 1.82) is 0 Å². The Hall–Kier alpha value is -2.50. The lowest BCUT2D eigenvalue weighted by molar-refractivity contribution is 1.07. The van der Waals surface area contributed by atoms with E-state index in [1.54, 1.807) is 22.3 Å². The van der Waals surface area contributed by atoms with Crippen LogP contribution in [0.5, 0.6) is 0 Å². The second kappa shape index (κ2) is 11.2. The lowest BCUT2D eigenvalue weighted by Crippen LogP contribution is -1.91. The average Bonchev–Trinajstić information content (AvgIpc) is 3.82. The van der Waals surface area contributed by atoms with E-state index < -0.39 is 0 Å². The Kier molecular flexibility index (Phi) is 7.55. The smallest absolute Gasteiger partial charge is 0.0391 e. The third-order valence-corrected chi connectivity index (χ3v) is 14.2. The van der Waals surface area contributed by atoms with E-state index >= 15 is 0 Å². The second-order valence-electron chi connectivity index (χ2n) is 11.2. The first-order valence-electron chi connectivity index (χ1n) is 15.6. The fraction of sp³-hybridized carbons (Fsp3) is 0.316. The van der Waals surface area contributed by atoms with Crippen LogP contribution in [0.1, 0.15) is 73.6 Å². The predicted octanol–water partition coefficient (Wildman–Crippen LogP) is 13.3. The van der Waals surface area contributed by atoms with Crippen molar-refractivity contribution in [2.24, 2.45) is 0 Å². The highest BCUT2D eigenvalue weighted by atomic mass is 32.1. The zero-order valence-electron chi connectivity index (χ0n) is 25.5. The van der Waals surface area contributed by atoms with E-state index in [-0.39, 0.29) is 0 Å². The molecule has 0 aliphatic heterocycles. The van der Waals surface area contributed by atoms with Gasteiger partial charge in [-0.25, -0.2) is 0 Å². The minimum absolute atomic E-state index is 1.09. The summed E-state index contributed by atoms with van der Waals surface area (Å²) < 4.78 is 6.03. The quantitative estimate of drug-likeness (QED) is 0.158. The van der Waals surface area contributed by atoms with Crippen LogP contribution in [-0.2, 0) is 38.5 Å². The van der Waals surface area contributed by atoms with E-state index in [4.69, 9.17) is 0 Å². The highest BCUT2D eigenvalue weighted by Gasteiger charge is 2.20. The first-order chi connectivity index (χ1) is 20.5. The Morgan fingerprint density at radius 2 is 0.690 bits per heavy atom. The van der Waals surface area contributed by atoms with Crippen molar-refractivity contribution in [3.8, 4) is 20.9 Å². The summed E-state index contributed by atoms with van der Waals surface area (Å²) in [5, 5.41) is 5.84. The Labute approximate surface area is 265 Å². The van der Waals surface area contributed by atoms with E-state index in [0.717, 1.165) is 38.5 Å². The van der Waals surface area contributed by atoms with Crippen molar-refractivity contribution in [2.75, 3.05) is 0 Å². The fourth-order valence-corrected chi connectivity index (χ4v) is 12.0. The molecule has 0 amide bonds. The maximum atomic E-state index is 2.47. The maximum absolute atomic E-state index is 2.47. The van der Waals surface area contributed by atoms with Crippen LogP contribution in [0.2, 0.25) is 0 Å². The summed E-state index contributed by atoms with van der Waals surface area (Å²) in [5.74, 6) is 0. The molecule has 0 atom stereocenters. The number of hydrogen-bond donors (Lipinski definition) is 0. The van der Waals surface area contributed by atoms with Gasteiger partial charge < -0.3 is 0 Å². The summed E-state index contributed by atoms with van der Waals surface area (Å²) in [6, 6.07) is 19.3. The Bertz CT molecular complexity index is 1940. The zero-order chi connectivity index (χ0) is 29.1. The molecule has 0 aliphatic carbocycles. The van der Waals surface area contributed by atoms with E-state index in [1.807, 2.05) is 45.3 Å². The highest BCUT2D eigenvalue weighted by Crippen LogP contribution is 2.47. The van der Waals surface area contributed by atoms with Crippen molar-refractivity contribution >= 4 is 85.7 Å². The van der Waals surface area contributed by atoms with Gasteiger partial charge in [-0.2, -0.15) is 0 Å². The lowest BCUT2D eigenvalue weighted by Gasteiger charge is -2.09. The molecule has 7 aromatic rings. The number of thiophene rings is 4. The number of hydrogen-bond acceptors (Lipinski definition) is 4. The molecule has 42 heavy (non-hydrogen) atoms. The number of fused-ring (bicyclic) bond motifs is 6. The molecule has 7 rings (SSSR count). The van der Waals surface area contributed by atoms with Gasteiger partial charge in [-0.15, -0.1) is 45.3 Å². The predicted molar refractivity (Wildman–Crippen MR) is 195 cm³/mol. The molecule has 0 aliphatic rings. The topological polar surface area (TPSA) is 0 Å². The summed E-state index contributed by atoms with van der Waals surface area (Å²) in [6.45, 7) is 13.9. The molecule has 4 heterocycles. The van der Waals surface area contributed by atoms with Gasteiger partial charge in [-0.1, -0.05) is 65.8 Å². The third-order valence-electron chi connectivity index (χ3n) is 9.00. The van der Waals surface area contributed by atoms with Crippen LogP contribution in [0, 0.1) is 0 Å². The maximum Gasteiger partial charge on any atom is 0.0391 e. The van der Waals surface area contributed by atoms with Gasteiger partial charge in [0.05, 0.1) is 0 Å². The molecule has 0 unspecified atom stereocenters. The van der Waals surface area contributed by atoms with Crippen LogP contribution in [0.3, 0.4) is 0 Å². The summed E-state index contributed by atoms with van der Waals surface area (Å²) >= 11 is 8.01. The molecular formula is C38H38S4. The molecule has 0 fully saturated rings. The van der Waals surface area contributed by atoms with Gasteiger partial charge in [-0.05, 0) is 96.2 Å². The molecule has 0 radical (unpaired) electrons.